The Morgan fingerprint density at radius 1 is 1.00 bits per heavy atom. The van der Waals surface area contributed by atoms with Gasteiger partial charge in [-0.15, -0.1) is 0 Å². The average molecular weight is 309 g/mol. The Kier molecular flexibility index (Phi) is 7.57. The summed E-state index contributed by atoms with van der Waals surface area (Å²) in [6.45, 7) is 11.2. The van der Waals surface area contributed by atoms with Crippen molar-refractivity contribution >= 4 is 5.91 Å². The van der Waals surface area contributed by atoms with Crippen LogP contribution in [0.15, 0.2) is 12.1 Å². The zero-order chi connectivity index (χ0) is 16.5. The fraction of sp³-hybridized carbons (Fsp3) is 0.588. The van der Waals surface area contributed by atoms with Crippen LogP contribution in [0, 0.1) is 0 Å². The Morgan fingerprint density at radius 3 is 1.91 bits per heavy atom. The molecule has 0 spiro atoms. The van der Waals surface area contributed by atoms with Crippen LogP contribution in [0.2, 0.25) is 0 Å². The van der Waals surface area contributed by atoms with Gasteiger partial charge >= 0.3 is 0 Å². The highest BCUT2D eigenvalue weighted by molar-refractivity contribution is 5.95. The van der Waals surface area contributed by atoms with Crippen LogP contribution < -0.4 is 19.5 Å². The van der Waals surface area contributed by atoms with Crippen molar-refractivity contribution in [3.63, 3.8) is 0 Å². The molecule has 0 aliphatic carbocycles. The van der Waals surface area contributed by atoms with E-state index < -0.39 is 0 Å². The summed E-state index contributed by atoms with van der Waals surface area (Å²) in [5, 5.41) is 2.95. The predicted molar refractivity (Wildman–Crippen MR) is 87.2 cm³/mol. The molecule has 5 nitrogen and oxygen atoms in total. The van der Waals surface area contributed by atoms with Crippen molar-refractivity contribution in [1.82, 2.24) is 5.32 Å². The van der Waals surface area contributed by atoms with E-state index in [-0.39, 0.29) is 11.9 Å². The molecule has 0 unspecified atom stereocenters. The number of carbonyl (C=O) groups is 1. The Hall–Kier alpha value is -1.91. The van der Waals surface area contributed by atoms with E-state index in [9.17, 15) is 4.79 Å². The van der Waals surface area contributed by atoms with Gasteiger partial charge in [-0.2, -0.15) is 0 Å². The Bertz CT molecular complexity index is 461. The van der Waals surface area contributed by atoms with E-state index in [1.807, 2.05) is 34.6 Å². The molecule has 0 fully saturated rings. The first-order chi connectivity index (χ1) is 10.6. The van der Waals surface area contributed by atoms with Crippen molar-refractivity contribution in [3.05, 3.63) is 17.7 Å². The molecule has 0 saturated heterocycles. The van der Waals surface area contributed by atoms with Gasteiger partial charge in [-0.3, -0.25) is 4.79 Å². The Morgan fingerprint density at radius 2 is 1.50 bits per heavy atom. The number of rotatable bonds is 9. The molecule has 22 heavy (non-hydrogen) atoms. The minimum atomic E-state index is -0.140. The first-order valence-corrected chi connectivity index (χ1v) is 7.94. The summed E-state index contributed by atoms with van der Waals surface area (Å²) in [6, 6.07) is 3.52. The van der Waals surface area contributed by atoms with Gasteiger partial charge in [-0.25, -0.2) is 0 Å². The zero-order valence-electron chi connectivity index (χ0n) is 14.2. The van der Waals surface area contributed by atoms with Crippen LogP contribution in [-0.2, 0) is 0 Å². The van der Waals surface area contributed by atoms with Crippen LogP contribution in [0.5, 0.6) is 17.2 Å². The second kappa shape index (κ2) is 9.18. The lowest BCUT2D eigenvalue weighted by Gasteiger charge is -2.18. The van der Waals surface area contributed by atoms with Crippen LogP contribution in [0.3, 0.4) is 0 Å². The molecule has 1 amide bonds. The zero-order valence-corrected chi connectivity index (χ0v) is 14.2. The van der Waals surface area contributed by atoms with Crippen LogP contribution in [-0.4, -0.2) is 31.8 Å². The molecule has 0 aliphatic rings. The van der Waals surface area contributed by atoms with Gasteiger partial charge in [0.1, 0.15) is 0 Å². The van der Waals surface area contributed by atoms with Crippen molar-refractivity contribution in [2.24, 2.45) is 0 Å². The molecule has 1 rings (SSSR count). The first kappa shape index (κ1) is 18.1. The minimum absolute atomic E-state index is 0.116. The number of amides is 1. The number of carbonyl (C=O) groups excluding carboxylic acids is 1. The summed E-state index contributed by atoms with van der Waals surface area (Å²) >= 11 is 0. The normalized spacial score (nSPS) is 11.7. The summed E-state index contributed by atoms with van der Waals surface area (Å²) in [5.41, 5.74) is 0.510. The number of ether oxygens (including phenoxy) is 3. The van der Waals surface area contributed by atoms with Gasteiger partial charge in [0.25, 0.3) is 5.91 Å². The van der Waals surface area contributed by atoms with Crippen molar-refractivity contribution in [2.45, 2.75) is 47.1 Å². The van der Waals surface area contributed by atoms with Crippen molar-refractivity contribution in [3.8, 4) is 17.2 Å². The Balaban J connectivity index is 3.20. The van der Waals surface area contributed by atoms with Gasteiger partial charge < -0.3 is 19.5 Å². The van der Waals surface area contributed by atoms with Gasteiger partial charge in [0.15, 0.2) is 11.5 Å². The number of hydrogen-bond acceptors (Lipinski definition) is 4. The van der Waals surface area contributed by atoms with Gasteiger partial charge in [0.05, 0.1) is 19.8 Å². The molecule has 1 atom stereocenters. The SMILES string of the molecule is CCOc1cc(C(=O)N[C@H](C)CC)cc(OCC)c1OCC. The third-order valence-electron chi connectivity index (χ3n) is 3.16. The van der Waals surface area contributed by atoms with Crippen LogP contribution in [0.25, 0.3) is 0 Å². The average Bonchev–Trinajstić information content (AvgIpc) is 2.50. The lowest BCUT2D eigenvalue weighted by atomic mass is 10.1. The van der Waals surface area contributed by atoms with Crippen molar-refractivity contribution in [2.75, 3.05) is 19.8 Å². The van der Waals surface area contributed by atoms with Gasteiger partial charge in [0.2, 0.25) is 5.75 Å². The minimum Gasteiger partial charge on any atom is -0.490 e. The summed E-state index contributed by atoms with van der Waals surface area (Å²) in [4.78, 5) is 12.3. The van der Waals surface area contributed by atoms with E-state index in [2.05, 4.69) is 5.32 Å². The third kappa shape index (κ3) is 4.83. The second-order valence-electron chi connectivity index (χ2n) is 4.88. The number of nitrogens with one attached hydrogen (secondary N) is 1. The number of benzene rings is 1. The highest BCUT2D eigenvalue weighted by atomic mass is 16.5. The van der Waals surface area contributed by atoms with Gasteiger partial charge in [0, 0.05) is 11.6 Å². The number of hydrogen-bond donors (Lipinski definition) is 1. The standard InChI is InChI=1S/C17H27NO4/c1-6-12(5)18-17(19)13-10-14(20-7-2)16(22-9-4)15(11-13)21-8-3/h10-12H,6-9H2,1-5H3,(H,18,19)/t12-/m1/s1. The predicted octanol–water partition coefficient (Wildman–Crippen LogP) is 3.41. The fourth-order valence-electron chi connectivity index (χ4n) is 1.93. The maximum absolute atomic E-state index is 12.3. The van der Waals surface area contributed by atoms with Crippen LogP contribution in [0.4, 0.5) is 0 Å². The van der Waals surface area contributed by atoms with E-state index in [1.54, 1.807) is 12.1 Å². The van der Waals surface area contributed by atoms with E-state index in [0.717, 1.165) is 6.42 Å². The molecule has 0 bridgehead atoms. The molecule has 1 aromatic rings. The Labute approximate surface area is 132 Å². The highest BCUT2D eigenvalue weighted by Gasteiger charge is 2.18. The molecule has 0 radical (unpaired) electrons. The molecular weight excluding hydrogens is 282 g/mol. The molecular formula is C17H27NO4. The van der Waals surface area contributed by atoms with Gasteiger partial charge in [-0.05, 0) is 46.2 Å². The first-order valence-electron chi connectivity index (χ1n) is 7.94. The van der Waals surface area contributed by atoms with E-state index in [4.69, 9.17) is 14.2 Å². The molecule has 0 saturated carbocycles. The molecule has 0 aliphatic heterocycles. The maximum atomic E-state index is 12.3. The molecule has 0 heterocycles. The maximum Gasteiger partial charge on any atom is 0.251 e. The molecule has 124 valence electrons. The van der Waals surface area contributed by atoms with Gasteiger partial charge in [-0.1, -0.05) is 6.92 Å². The largest absolute Gasteiger partial charge is 0.490 e. The lowest BCUT2D eigenvalue weighted by molar-refractivity contribution is 0.0938. The van der Waals surface area contributed by atoms with E-state index in [0.29, 0.717) is 42.6 Å². The molecule has 0 aromatic heterocycles. The van der Waals surface area contributed by atoms with E-state index >= 15 is 0 Å². The second-order valence-corrected chi connectivity index (χ2v) is 4.88. The summed E-state index contributed by atoms with van der Waals surface area (Å²) in [6.07, 6.45) is 0.874. The quantitative estimate of drug-likeness (QED) is 0.759. The van der Waals surface area contributed by atoms with Crippen LogP contribution in [0.1, 0.15) is 51.4 Å². The summed E-state index contributed by atoms with van der Waals surface area (Å²) in [7, 11) is 0. The third-order valence-corrected chi connectivity index (χ3v) is 3.16. The monoisotopic (exact) mass is 309 g/mol. The van der Waals surface area contributed by atoms with Crippen molar-refractivity contribution < 1.29 is 19.0 Å². The molecule has 5 heteroatoms. The molecule has 1 aromatic carbocycles. The molecule has 1 N–H and O–H groups in total. The summed E-state index contributed by atoms with van der Waals surface area (Å²) in [5.74, 6) is 1.47. The summed E-state index contributed by atoms with van der Waals surface area (Å²) < 4.78 is 16.9. The van der Waals surface area contributed by atoms with E-state index in [1.165, 1.54) is 0 Å². The lowest BCUT2D eigenvalue weighted by Crippen LogP contribution is -2.31. The highest BCUT2D eigenvalue weighted by Crippen LogP contribution is 2.39. The van der Waals surface area contributed by atoms with Crippen LogP contribution >= 0.6 is 0 Å². The topological polar surface area (TPSA) is 56.8 Å². The smallest absolute Gasteiger partial charge is 0.251 e. The van der Waals surface area contributed by atoms with Crippen molar-refractivity contribution in [1.29, 1.82) is 0 Å². The fourth-order valence-corrected chi connectivity index (χ4v) is 1.93.